The molecule has 0 spiro atoms. The fourth-order valence-electron chi connectivity index (χ4n) is 3.15. The summed E-state index contributed by atoms with van der Waals surface area (Å²) in [5, 5.41) is 0. The molecule has 6 heteroatoms. The second-order valence-corrected chi connectivity index (χ2v) is 9.57. The van der Waals surface area contributed by atoms with Crippen LogP contribution in [0.25, 0.3) is 0 Å². The second kappa shape index (κ2) is 11.2. The van der Waals surface area contributed by atoms with Crippen LogP contribution in [0.1, 0.15) is 40.9 Å². The molecular weight excluding hydrogens is 372 g/mol. The number of benzene rings is 2. The lowest BCUT2D eigenvalue weighted by Crippen LogP contribution is -2.43. The molecule has 2 aromatic carbocycles. The van der Waals surface area contributed by atoms with Crippen LogP contribution in [-0.2, 0) is 24.4 Å². The predicted octanol–water partition coefficient (Wildman–Crippen LogP) is 4.46. The SMILES string of the molecule is CCCOC(C(=O)c1ccccc1CC[Si](OC)(OC)OC)c1ccccc1. The minimum atomic E-state index is -2.71. The lowest BCUT2D eigenvalue weighted by Gasteiger charge is -2.25. The molecule has 152 valence electrons. The summed E-state index contributed by atoms with van der Waals surface area (Å²) in [7, 11) is 2.08. The summed E-state index contributed by atoms with van der Waals surface area (Å²) < 4.78 is 22.5. The van der Waals surface area contributed by atoms with Gasteiger partial charge < -0.3 is 18.0 Å². The number of aryl methyl sites for hydroxylation is 1. The molecule has 1 unspecified atom stereocenters. The standard InChI is InChI=1S/C22H30O5Si/c1-5-16-27-22(19-12-7-6-8-13-19)21(23)20-14-10-9-11-18(20)15-17-28(24-2,25-3)26-4/h6-14,22H,5,15-17H2,1-4H3. The first kappa shape index (κ1) is 22.5. The summed E-state index contributed by atoms with van der Waals surface area (Å²) in [4.78, 5) is 13.4. The van der Waals surface area contributed by atoms with Gasteiger partial charge in [0.15, 0.2) is 5.78 Å². The van der Waals surface area contributed by atoms with Crippen LogP contribution in [0.5, 0.6) is 0 Å². The smallest absolute Gasteiger partial charge is 0.377 e. The van der Waals surface area contributed by atoms with Gasteiger partial charge in [0.2, 0.25) is 0 Å². The Labute approximate surface area is 169 Å². The van der Waals surface area contributed by atoms with Crippen LogP contribution in [0.3, 0.4) is 0 Å². The van der Waals surface area contributed by atoms with Crippen LogP contribution < -0.4 is 0 Å². The lowest BCUT2D eigenvalue weighted by molar-refractivity contribution is 0.0406. The highest BCUT2D eigenvalue weighted by molar-refractivity contribution is 6.60. The summed E-state index contributed by atoms with van der Waals surface area (Å²) in [6, 6.07) is 17.9. The molecule has 0 saturated carbocycles. The third-order valence-electron chi connectivity index (χ3n) is 4.75. The van der Waals surface area contributed by atoms with Gasteiger partial charge in [0.1, 0.15) is 6.10 Å². The molecule has 2 aromatic rings. The number of carbonyl (C=O) groups is 1. The number of ketones is 1. The molecule has 0 radical (unpaired) electrons. The van der Waals surface area contributed by atoms with E-state index in [4.69, 9.17) is 18.0 Å². The predicted molar refractivity (Wildman–Crippen MR) is 111 cm³/mol. The van der Waals surface area contributed by atoms with E-state index in [9.17, 15) is 4.79 Å². The largest absolute Gasteiger partial charge is 0.500 e. The molecule has 0 aromatic heterocycles. The van der Waals surface area contributed by atoms with Crippen molar-refractivity contribution in [3.63, 3.8) is 0 Å². The fourth-order valence-corrected chi connectivity index (χ4v) is 4.84. The normalized spacial score (nSPS) is 12.7. The Morgan fingerprint density at radius 3 is 2.14 bits per heavy atom. The minimum Gasteiger partial charge on any atom is -0.377 e. The molecular formula is C22H30O5Si. The first-order chi connectivity index (χ1) is 13.6. The maximum absolute atomic E-state index is 13.4. The third kappa shape index (κ3) is 5.59. The van der Waals surface area contributed by atoms with Gasteiger partial charge in [-0.25, -0.2) is 0 Å². The van der Waals surface area contributed by atoms with Gasteiger partial charge in [-0.2, -0.15) is 0 Å². The van der Waals surface area contributed by atoms with Crippen molar-refractivity contribution in [2.24, 2.45) is 0 Å². The minimum absolute atomic E-state index is 0.0326. The van der Waals surface area contributed by atoms with Crippen molar-refractivity contribution in [1.29, 1.82) is 0 Å². The van der Waals surface area contributed by atoms with Crippen LogP contribution in [0.15, 0.2) is 54.6 Å². The fraction of sp³-hybridized carbons (Fsp3) is 0.409. The van der Waals surface area contributed by atoms with E-state index in [0.717, 1.165) is 17.5 Å². The van der Waals surface area contributed by atoms with E-state index in [-0.39, 0.29) is 5.78 Å². The van der Waals surface area contributed by atoms with Crippen molar-refractivity contribution in [3.8, 4) is 0 Å². The van der Waals surface area contributed by atoms with Crippen molar-refractivity contribution >= 4 is 14.6 Å². The van der Waals surface area contributed by atoms with Crippen LogP contribution in [0.4, 0.5) is 0 Å². The van der Waals surface area contributed by atoms with E-state index in [0.29, 0.717) is 24.6 Å². The average Bonchev–Trinajstić information content (AvgIpc) is 2.76. The number of hydrogen-bond acceptors (Lipinski definition) is 5. The maximum atomic E-state index is 13.4. The van der Waals surface area contributed by atoms with Gasteiger partial charge in [-0.05, 0) is 24.0 Å². The molecule has 28 heavy (non-hydrogen) atoms. The molecule has 0 bridgehead atoms. The van der Waals surface area contributed by atoms with Crippen LogP contribution in [-0.4, -0.2) is 42.5 Å². The molecule has 0 aliphatic carbocycles. The number of rotatable bonds is 12. The highest BCUT2D eigenvalue weighted by Gasteiger charge is 2.37. The third-order valence-corrected chi connectivity index (χ3v) is 7.47. The summed E-state index contributed by atoms with van der Waals surface area (Å²) in [5.41, 5.74) is 2.47. The molecule has 0 aliphatic rings. The van der Waals surface area contributed by atoms with Gasteiger partial charge in [-0.15, -0.1) is 0 Å². The van der Waals surface area contributed by atoms with Gasteiger partial charge >= 0.3 is 8.80 Å². The average molecular weight is 403 g/mol. The monoisotopic (exact) mass is 402 g/mol. The summed E-state index contributed by atoms with van der Waals surface area (Å²) in [5.74, 6) is -0.0326. The molecule has 2 rings (SSSR count). The molecule has 0 fully saturated rings. The summed E-state index contributed by atoms with van der Waals surface area (Å²) in [6.45, 7) is 2.56. The van der Waals surface area contributed by atoms with Gasteiger partial charge in [-0.3, -0.25) is 4.79 Å². The Balaban J connectivity index is 2.29. The quantitative estimate of drug-likeness (QED) is 0.388. The maximum Gasteiger partial charge on any atom is 0.500 e. The topological polar surface area (TPSA) is 54.0 Å². The van der Waals surface area contributed by atoms with E-state index in [1.54, 1.807) is 21.3 Å². The highest BCUT2D eigenvalue weighted by Crippen LogP contribution is 2.26. The van der Waals surface area contributed by atoms with Crippen molar-refractivity contribution < 1.29 is 22.8 Å². The molecule has 0 N–H and O–H groups in total. The van der Waals surface area contributed by atoms with Crippen LogP contribution >= 0.6 is 0 Å². The number of hydrogen-bond donors (Lipinski definition) is 0. The van der Waals surface area contributed by atoms with Crippen molar-refractivity contribution in [2.75, 3.05) is 27.9 Å². The molecule has 0 heterocycles. The van der Waals surface area contributed by atoms with E-state index in [2.05, 4.69) is 0 Å². The van der Waals surface area contributed by atoms with Gasteiger partial charge in [0, 0.05) is 39.5 Å². The highest BCUT2D eigenvalue weighted by atomic mass is 28.4. The zero-order valence-electron chi connectivity index (χ0n) is 17.1. The molecule has 0 saturated heterocycles. The van der Waals surface area contributed by atoms with Gasteiger partial charge in [-0.1, -0.05) is 61.5 Å². The first-order valence-corrected chi connectivity index (χ1v) is 11.5. The Morgan fingerprint density at radius 2 is 1.54 bits per heavy atom. The first-order valence-electron chi connectivity index (χ1n) is 9.55. The Bertz CT molecular complexity index is 722. The number of ether oxygens (including phenoxy) is 1. The number of carbonyl (C=O) groups excluding carboxylic acids is 1. The van der Waals surface area contributed by atoms with Crippen molar-refractivity contribution in [2.45, 2.75) is 31.9 Å². The zero-order valence-corrected chi connectivity index (χ0v) is 18.1. The summed E-state index contributed by atoms with van der Waals surface area (Å²) >= 11 is 0. The second-order valence-electron chi connectivity index (χ2n) is 6.48. The lowest BCUT2D eigenvalue weighted by atomic mass is 9.95. The molecule has 0 aliphatic heterocycles. The molecule has 5 nitrogen and oxygen atoms in total. The van der Waals surface area contributed by atoms with Crippen LogP contribution in [0, 0.1) is 0 Å². The molecule has 0 amide bonds. The molecule has 1 atom stereocenters. The van der Waals surface area contributed by atoms with Crippen molar-refractivity contribution in [1.82, 2.24) is 0 Å². The Morgan fingerprint density at radius 1 is 0.929 bits per heavy atom. The number of Topliss-reactive ketones (excluding diaryl/α,β-unsaturated/α-hetero) is 1. The Hall–Kier alpha value is -1.83. The van der Waals surface area contributed by atoms with E-state index < -0.39 is 14.9 Å². The zero-order chi connectivity index (χ0) is 20.4. The van der Waals surface area contributed by atoms with E-state index in [1.807, 2.05) is 61.5 Å². The van der Waals surface area contributed by atoms with Gasteiger partial charge in [0.25, 0.3) is 0 Å². The Kier molecular flexibility index (Phi) is 9.01. The van der Waals surface area contributed by atoms with Crippen molar-refractivity contribution in [3.05, 3.63) is 71.3 Å². The van der Waals surface area contributed by atoms with Gasteiger partial charge in [0.05, 0.1) is 0 Å². The summed E-state index contributed by atoms with van der Waals surface area (Å²) in [6.07, 6.45) is 0.859. The van der Waals surface area contributed by atoms with E-state index >= 15 is 0 Å². The van der Waals surface area contributed by atoms with Crippen LogP contribution in [0.2, 0.25) is 6.04 Å². The van der Waals surface area contributed by atoms with E-state index in [1.165, 1.54) is 0 Å².